The van der Waals surface area contributed by atoms with E-state index in [9.17, 15) is 0 Å². The van der Waals surface area contributed by atoms with E-state index >= 15 is 0 Å². The molecule has 0 radical (unpaired) electrons. The van der Waals surface area contributed by atoms with Gasteiger partial charge in [-0.25, -0.2) is 0 Å². The molecule has 16 heavy (non-hydrogen) atoms. The number of ether oxygens (including phenoxy) is 1. The SMILES string of the molecule is CN(c1cc(Cl)ccc1C#N)C1CCOC1. The average Bonchev–Trinajstić information content (AvgIpc) is 2.81. The molecule has 1 fully saturated rings. The van der Waals surface area contributed by atoms with Gasteiger partial charge in [0.2, 0.25) is 0 Å². The van der Waals surface area contributed by atoms with Crippen LogP contribution in [0, 0.1) is 11.3 Å². The monoisotopic (exact) mass is 236 g/mol. The van der Waals surface area contributed by atoms with Gasteiger partial charge in [0.05, 0.1) is 23.9 Å². The second-order valence-corrected chi connectivity index (χ2v) is 4.34. The third-order valence-electron chi connectivity index (χ3n) is 2.91. The quantitative estimate of drug-likeness (QED) is 0.791. The lowest BCUT2D eigenvalue weighted by molar-refractivity contribution is 0.193. The smallest absolute Gasteiger partial charge is 0.101 e. The topological polar surface area (TPSA) is 36.3 Å². The highest BCUT2D eigenvalue weighted by molar-refractivity contribution is 6.30. The molecule has 1 heterocycles. The van der Waals surface area contributed by atoms with Crippen molar-refractivity contribution < 1.29 is 4.74 Å². The van der Waals surface area contributed by atoms with Crippen molar-refractivity contribution in [3.63, 3.8) is 0 Å². The van der Waals surface area contributed by atoms with Crippen LogP contribution in [0.2, 0.25) is 5.02 Å². The van der Waals surface area contributed by atoms with Crippen LogP contribution in [0.15, 0.2) is 18.2 Å². The lowest BCUT2D eigenvalue weighted by Crippen LogP contribution is -2.32. The summed E-state index contributed by atoms with van der Waals surface area (Å²) >= 11 is 5.96. The molecule has 1 unspecified atom stereocenters. The van der Waals surface area contributed by atoms with Gasteiger partial charge < -0.3 is 9.64 Å². The summed E-state index contributed by atoms with van der Waals surface area (Å²) in [5.41, 5.74) is 1.53. The van der Waals surface area contributed by atoms with Crippen molar-refractivity contribution in [2.75, 3.05) is 25.2 Å². The van der Waals surface area contributed by atoms with Gasteiger partial charge in [-0.05, 0) is 24.6 Å². The molecule has 0 N–H and O–H groups in total. The molecule has 0 aliphatic carbocycles. The third-order valence-corrected chi connectivity index (χ3v) is 3.15. The second kappa shape index (κ2) is 4.73. The van der Waals surface area contributed by atoms with Crippen LogP contribution in [0.3, 0.4) is 0 Å². The number of benzene rings is 1. The Balaban J connectivity index is 2.31. The van der Waals surface area contributed by atoms with Gasteiger partial charge in [0.15, 0.2) is 0 Å². The van der Waals surface area contributed by atoms with Crippen molar-refractivity contribution in [2.24, 2.45) is 0 Å². The molecule has 0 aromatic heterocycles. The highest BCUT2D eigenvalue weighted by Gasteiger charge is 2.22. The highest BCUT2D eigenvalue weighted by atomic mass is 35.5. The van der Waals surface area contributed by atoms with Crippen LogP contribution in [-0.2, 0) is 4.74 Å². The molecule has 0 spiro atoms. The Labute approximate surface area is 100 Å². The van der Waals surface area contributed by atoms with Gasteiger partial charge in [0, 0.05) is 18.7 Å². The normalized spacial score (nSPS) is 19.4. The van der Waals surface area contributed by atoms with E-state index in [4.69, 9.17) is 21.6 Å². The van der Waals surface area contributed by atoms with Crippen molar-refractivity contribution in [1.82, 2.24) is 0 Å². The summed E-state index contributed by atoms with van der Waals surface area (Å²) in [5.74, 6) is 0. The van der Waals surface area contributed by atoms with Gasteiger partial charge in [-0.1, -0.05) is 11.6 Å². The fourth-order valence-electron chi connectivity index (χ4n) is 1.92. The van der Waals surface area contributed by atoms with Crippen molar-refractivity contribution in [2.45, 2.75) is 12.5 Å². The second-order valence-electron chi connectivity index (χ2n) is 3.90. The van der Waals surface area contributed by atoms with Gasteiger partial charge in [0.25, 0.3) is 0 Å². The Morgan fingerprint density at radius 1 is 1.56 bits per heavy atom. The molecular formula is C12H13ClN2O. The number of hydrogen-bond donors (Lipinski definition) is 0. The highest BCUT2D eigenvalue weighted by Crippen LogP contribution is 2.27. The van der Waals surface area contributed by atoms with Crippen LogP contribution < -0.4 is 4.90 Å². The van der Waals surface area contributed by atoms with Crippen molar-refractivity contribution in [1.29, 1.82) is 5.26 Å². The molecule has 1 aliphatic heterocycles. The zero-order valence-corrected chi connectivity index (χ0v) is 9.87. The molecule has 1 atom stereocenters. The summed E-state index contributed by atoms with van der Waals surface area (Å²) in [5, 5.41) is 9.70. The van der Waals surface area contributed by atoms with Crippen LogP contribution >= 0.6 is 11.6 Å². The zero-order valence-electron chi connectivity index (χ0n) is 9.11. The minimum absolute atomic E-state index is 0.338. The fourth-order valence-corrected chi connectivity index (χ4v) is 2.08. The Bertz CT molecular complexity index is 422. The summed E-state index contributed by atoms with van der Waals surface area (Å²) in [4.78, 5) is 2.08. The molecule has 2 rings (SSSR count). The van der Waals surface area contributed by atoms with E-state index in [1.54, 1.807) is 12.1 Å². The summed E-state index contributed by atoms with van der Waals surface area (Å²) in [6, 6.07) is 7.85. The summed E-state index contributed by atoms with van der Waals surface area (Å²) in [6.07, 6.45) is 0.994. The van der Waals surface area contributed by atoms with E-state index in [1.807, 2.05) is 13.1 Å². The van der Waals surface area contributed by atoms with E-state index in [1.165, 1.54) is 0 Å². The molecule has 84 valence electrons. The first kappa shape index (κ1) is 11.3. The molecule has 0 bridgehead atoms. The van der Waals surface area contributed by atoms with Crippen LogP contribution in [0.1, 0.15) is 12.0 Å². The number of anilines is 1. The lowest BCUT2D eigenvalue weighted by atomic mass is 10.1. The maximum absolute atomic E-state index is 9.05. The number of hydrogen-bond acceptors (Lipinski definition) is 3. The molecule has 1 aliphatic rings. The Kier molecular flexibility index (Phi) is 3.33. The fraction of sp³-hybridized carbons (Fsp3) is 0.417. The standard InChI is InChI=1S/C12H13ClN2O/c1-15(11-4-5-16-8-11)12-6-10(13)3-2-9(12)7-14/h2-3,6,11H,4-5,8H2,1H3. The van der Waals surface area contributed by atoms with Gasteiger partial charge >= 0.3 is 0 Å². The maximum Gasteiger partial charge on any atom is 0.101 e. The van der Waals surface area contributed by atoms with Crippen molar-refractivity contribution >= 4 is 17.3 Å². The van der Waals surface area contributed by atoms with Gasteiger partial charge in [-0.3, -0.25) is 0 Å². The van der Waals surface area contributed by atoms with E-state index < -0.39 is 0 Å². The van der Waals surface area contributed by atoms with E-state index in [0.717, 1.165) is 18.7 Å². The summed E-state index contributed by atoms with van der Waals surface area (Å²) in [7, 11) is 1.98. The molecule has 1 aromatic rings. The van der Waals surface area contributed by atoms with E-state index in [-0.39, 0.29) is 0 Å². The summed E-state index contributed by atoms with van der Waals surface area (Å²) in [6.45, 7) is 1.51. The first-order valence-corrected chi connectivity index (χ1v) is 5.60. The summed E-state index contributed by atoms with van der Waals surface area (Å²) < 4.78 is 5.35. The number of nitriles is 1. The predicted molar refractivity (Wildman–Crippen MR) is 63.8 cm³/mol. The molecule has 3 nitrogen and oxygen atoms in total. The Hall–Kier alpha value is -1.24. The van der Waals surface area contributed by atoms with Crippen molar-refractivity contribution in [3.8, 4) is 6.07 Å². The van der Waals surface area contributed by atoms with Crippen LogP contribution in [0.5, 0.6) is 0 Å². The Morgan fingerprint density at radius 3 is 3.00 bits per heavy atom. The van der Waals surface area contributed by atoms with Gasteiger partial charge in [-0.2, -0.15) is 5.26 Å². The number of rotatable bonds is 2. The Morgan fingerprint density at radius 2 is 2.38 bits per heavy atom. The first-order valence-electron chi connectivity index (χ1n) is 5.22. The molecule has 1 aromatic carbocycles. The molecule has 4 heteroatoms. The zero-order chi connectivity index (χ0) is 11.5. The van der Waals surface area contributed by atoms with Crippen LogP contribution in [-0.4, -0.2) is 26.3 Å². The third kappa shape index (κ3) is 2.13. The average molecular weight is 237 g/mol. The van der Waals surface area contributed by atoms with E-state index in [0.29, 0.717) is 23.2 Å². The largest absolute Gasteiger partial charge is 0.379 e. The van der Waals surface area contributed by atoms with E-state index in [2.05, 4.69) is 11.0 Å². The van der Waals surface area contributed by atoms with Crippen LogP contribution in [0.4, 0.5) is 5.69 Å². The van der Waals surface area contributed by atoms with Gasteiger partial charge in [-0.15, -0.1) is 0 Å². The maximum atomic E-state index is 9.05. The van der Waals surface area contributed by atoms with Crippen LogP contribution in [0.25, 0.3) is 0 Å². The molecule has 1 saturated heterocycles. The molecule has 0 amide bonds. The first-order chi connectivity index (χ1) is 7.72. The van der Waals surface area contributed by atoms with Gasteiger partial charge in [0.1, 0.15) is 6.07 Å². The minimum atomic E-state index is 0.338. The number of halogens is 1. The lowest BCUT2D eigenvalue weighted by Gasteiger charge is -2.26. The number of likely N-dealkylation sites (N-methyl/N-ethyl adjacent to an activating group) is 1. The predicted octanol–water partition coefficient (Wildman–Crippen LogP) is 2.44. The number of nitrogens with zero attached hydrogens (tertiary/aromatic N) is 2. The minimum Gasteiger partial charge on any atom is -0.379 e. The molecular weight excluding hydrogens is 224 g/mol. The van der Waals surface area contributed by atoms with Crippen molar-refractivity contribution in [3.05, 3.63) is 28.8 Å². The molecule has 0 saturated carbocycles.